The van der Waals surface area contributed by atoms with Crippen LogP contribution in [0.3, 0.4) is 0 Å². The summed E-state index contributed by atoms with van der Waals surface area (Å²) in [7, 11) is 0. The molecule has 0 radical (unpaired) electrons. The number of anilines is 1. The molecule has 0 bridgehead atoms. The van der Waals surface area contributed by atoms with Crippen molar-refractivity contribution in [2.45, 2.75) is 39.0 Å². The lowest BCUT2D eigenvalue weighted by atomic mass is 9.71. The topological polar surface area (TPSA) is 71.4 Å². The van der Waals surface area contributed by atoms with E-state index in [4.69, 9.17) is 11.6 Å². The van der Waals surface area contributed by atoms with Gasteiger partial charge in [0.05, 0.1) is 5.92 Å². The number of benzene rings is 1. The Morgan fingerprint density at radius 1 is 1.17 bits per heavy atom. The van der Waals surface area contributed by atoms with Gasteiger partial charge in [-0.3, -0.25) is 14.6 Å². The standard InChI is InChI=1S/C23H22ClN3O2/c1-13-9-10-25-19(11-13)27-23(29)20-14(2)26-17-7-4-8-18(28)22(17)21(20)15-5-3-6-16(24)12-15/h3,5-6,9-12,20-21H,4,7-8H2,1-2H3,(H,25,27,29)/t20?,21-/m1/s1. The number of Topliss-reactive ketones (excluding diaryl/α,β-unsaturated/α-hetero) is 1. The Morgan fingerprint density at radius 2 is 2.00 bits per heavy atom. The zero-order valence-electron chi connectivity index (χ0n) is 16.4. The summed E-state index contributed by atoms with van der Waals surface area (Å²) in [6.07, 6.45) is 3.69. The van der Waals surface area contributed by atoms with E-state index in [2.05, 4.69) is 15.3 Å². The highest BCUT2D eigenvalue weighted by molar-refractivity contribution is 6.30. The summed E-state index contributed by atoms with van der Waals surface area (Å²) < 4.78 is 0. The summed E-state index contributed by atoms with van der Waals surface area (Å²) >= 11 is 6.24. The van der Waals surface area contributed by atoms with Gasteiger partial charge in [0.15, 0.2) is 5.78 Å². The van der Waals surface area contributed by atoms with E-state index in [1.54, 1.807) is 12.3 Å². The van der Waals surface area contributed by atoms with Gasteiger partial charge >= 0.3 is 0 Å². The number of carbonyl (C=O) groups excluding carboxylic acids is 2. The second-order valence-electron chi connectivity index (χ2n) is 7.61. The molecule has 5 nitrogen and oxygen atoms in total. The third-order valence-corrected chi connectivity index (χ3v) is 5.73. The molecule has 1 unspecified atom stereocenters. The monoisotopic (exact) mass is 407 g/mol. The van der Waals surface area contributed by atoms with Crippen molar-refractivity contribution in [3.05, 3.63) is 70.0 Å². The van der Waals surface area contributed by atoms with Gasteiger partial charge in [0.2, 0.25) is 5.91 Å². The van der Waals surface area contributed by atoms with Gasteiger partial charge in [-0.1, -0.05) is 23.7 Å². The number of nitrogens with zero attached hydrogens (tertiary/aromatic N) is 2. The van der Waals surface area contributed by atoms with Crippen molar-refractivity contribution in [2.24, 2.45) is 10.9 Å². The number of pyridine rings is 1. The maximum atomic E-state index is 13.3. The van der Waals surface area contributed by atoms with E-state index in [-0.39, 0.29) is 11.7 Å². The van der Waals surface area contributed by atoms with E-state index in [0.717, 1.165) is 29.7 Å². The highest BCUT2D eigenvalue weighted by Gasteiger charge is 2.42. The van der Waals surface area contributed by atoms with Crippen molar-refractivity contribution in [1.82, 2.24) is 4.98 Å². The Balaban J connectivity index is 1.78. The fraction of sp³-hybridized carbons (Fsp3) is 0.304. The molecule has 29 heavy (non-hydrogen) atoms. The molecule has 2 heterocycles. The first-order valence-electron chi connectivity index (χ1n) is 9.74. The van der Waals surface area contributed by atoms with Crippen molar-refractivity contribution in [1.29, 1.82) is 0 Å². The number of aryl methyl sites for hydroxylation is 1. The fourth-order valence-electron chi connectivity index (χ4n) is 4.21. The second-order valence-corrected chi connectivity index (χ2v) is 8.04. The molecule has 148 valence electrons. The van der Waals surface area contributed by atoms with E-state index in [1.165, 1.54) is 0 Å². The summed E-state index contributed by atoms with van der Waals surface area (Å²) in [4.78, 5) is 35.1. The van der Waals surface area contributed by atoms with Crippen molar-refractivity contribution >= 4 is 34.8 Å². The number of carbonyl (C=O) groups is 2. The van der Waals surface area contributed by atoms with Crippen molar-refractivity contribution < 1.29 is 9.59 Å². The molecule has 1 amide bonds. The van der Waals surface area contributed by atoms with Crippen LogP contribution in [0, 0.1) is 12.8 Å². The number of nitrogens with one attached hydrogen (secondary N) is 1. The largest absolute Gasteiger partial charge is 0.310 e. The van der Waals surface area contributed by atoms with E-state index in [0.29, 0.717) is 28.5 Å². The van der Waals surface area contributed by atoms with Gasteiger partial charge in [-0.2, -0.15) is 0 Å². The maximum Gasteiger partial charge on any atom is 0.235 e. The Labute approximate surface area is 174 Å². The van der Waals surface area contributed by atoms with Crippen LogP contribution in [-0.4, -0.2) is 22.4 Å². The molecule has 2 aromatic rings. The number of amides is 1. The molecule has 1 aromatic carbocycles. The number of halogens is 1. The number of rotatable bonds is 3. The lowest BCUT2D eigenvalue weighted by Gasteiger charge is -2.35. The quantitative estimate of drug-likeness (QED) is 0.789. The van der Waals surface area contributed by atoms with Gasteiger partial charge in [0, 0.05) is 40.5 Å². The van der Waals surface area contributed by atoms with Gasteiger partial charge in [-0.25, -0.2) is 4.98 Å². The number of allylic oxidation sites excluding steroid dienone is 2. The van der Waals surface area contributed by atoms with Crippen LogP contribution in [-0.2, 0) is 9.59 Å². The number of hydrogen-bond donors (Lipinski definition) is 1. The van der Waals surface area contributed by atoms with Crippen LogP contribution in [0.4, 0.5) is 5.82 Å². The van der Waals surface area contributed by atoms with E-state index < -0.39 is 11.8 Å². The number of hydrogen-bond acceptors (Lipinski definition) is 4. The number of aromatic nitrogens is 1. The smallest absolute Gasteiger partial charge is 0.235 e. The highest BCUT2D eigenvalue weighted by Crippen LogP contribution is 2.43. The molecule has 2 atom stereocenters. The first-order chi connectivity index (χ1) is 13.9. The van der Waals surface area contributed by atoms with Crippen LogP contribution in [0.25, 0.3) is 0 Å². The van der Waals surface area contributed by atoms with Gasteiger partial charge in [0.25, 0.3) is 0 Å². The molecule has 4 rings (SSSR count). The molecule has 0 fully saturated rings. The molecule has 0 saturated heterocycles. The molecule has 1 aromatic heterocycles. The highest BCUT2D eigenvalue weighted by atomic mass is 35.5. The van der Waals surface area contributed by atoms with Crippen LogP contribution < -0.4 is 5.32 Å². The maximum absolute atomic E-state index is 13.3. The van der Waals surface area contributed by atoms with Gasteiger partial charge < -0.3 is 5.32 Å². The zero-order chi connectivity index (χ0) is 20.5. The molecule has 0 spiro atoms. The normalized spacial score (nSPS) is 21.5. The third kappa shape index (κ3) is 3.87. The molecular formula is C23H22ClN3O2. The lowest BCUT2D eigenvalue weighted by Crippen LogP contribution is -2.39. The average Bonchev–Trinajstić information content (AvgIpc) is 2.67. The van der Waals surface area contributed by atoms with Gasteiger partial charge in [0.1, 0.15) is 5.82 Å². The van der Waals surface area contributed by atoms with Gasteiger partial charge in [-0.15, -0.1) is 0 Å². The third-order valence-electron chi connectivity index (χ3n) is 5.49. The summed E-state index contributed by atoms with van der Waals surface area (Å²) in [5.41, 5.74) is 4.02. The molecule has 1 aliphatic carbocycles. The minimum Gasteiger partial charge on any atom is -0.310 e. The van der Waals surface area contributed by atoms with Crippen molar-refractivity contribution in [3.8, 4) is 0 Å². The van der Waals surface area contributed by atoms with Gasteiger partial charge in [-0.05, 0) is 62.1 Å². The van der Waals surface area contributed by atoms with Crippen LogP contribution in [0.5, 0.6) is 0 Å². The van der Waals surface area contributed by atoms with Crippen LogP contribution in [0.15, 0.2) is 58.9 Å². The molecular weight excluding hydrogens is 386 g/mol. The zero-order valence-corrected chi connectivity index (χ0v) is 17.2. The molecule has 1 N–H and O–H groups in total. The van der Waals surface area contributed by atoms with E-state index >= 15 is 0 Å². The lowest BCUT2D eigenvalue weighted by molar-refractivity contribution is -0.119. The van der Waals surface area contributed by atoms with Crippen molar-refractivity contribution in [2.75, 3.05) is 5.32 Å². The SMILES string of the molecule is CC1=NC2=C(C(=O)CCC2)[C@H](c2cccc(Cl)c2)C1C(=O)Nc1cc(C)ccn1. The average molecular weight is 408 g/mol. The minimum absolute atomic E-state index is 0.0685. The molecule has 0 saturated carbocycles. The molecule has 6 heteroatoms. The first-order valence-corrected chi connectivity index (χ1v) is 10.1. The van der Waals surface area contributed by atoms with E-state index in [1.807, 2.05) is 44.2 Å². The summed E-state index contributed by atoms with van der Waals surface area (Å²) in [5, 5.41) is 3.49. The van der Waals surface area contributed by atoms with Crippen LogP contribution in [0.1, 0.15) is 43.2 Å². The Kier molecular flexibility index (Phi) is 5.33. The molecule has 2 aliphatic rings. The van der Waals surface area contributed by atoms with E-state index in [9.17, 15) is 9.59 Å². The predicted octanol–water partition coefficient (Wildman–Crippen LogP) is 4.86. The Morgan fingerprint density at radius 3 is 2.76 bits per heavy atom. The Hall–Kier alpha value is -2.79. The summed E-state index contributed by atoms with van der Waals surface area (Å²) in [6, 6.07) is 11.1. The van der Waals surface area contributed by atoms with Crippen LogP contribution >= 0.6 is 11.6 Å². The Bertz CT molecular complexity index is 1060. The number of ketones is 1. The minimum atomic E-state index is -0.600. The predicted molar refractivity (Wildman–Crippen MR) is 114 cm³/mol. The molecule has 1 aliphatic heterocycles. The fourth-order valence-corrected chi connectivity index (χ4v) is 4.41. The first kappa shape index (κ1) is 19.5. The second kappa shape index (κ2) is 7.91. The summed E-state index contributed by atoms with van der Waals surface area (Å²) in [6.45, 7) is 3.80. The number of aliphatic imine (C=N–C) groups is 1. The van der Waals surface area contributed by atoms with Crippen molar-refractivity contribution in [3.63, 3.8) is 0 Å². The summed E-state index contributed by atoms with van der Waals surface area (Å²) in [5.74, 6) is -0.670. The van der Waals surface area contributed by atoms with Crippen LogP contribution in [0.2, 0.25) is 5.02 Å².